The highest BCUT2D eigenvalue weighted by atomic mass is 15.3. The number of fused-ring (bicyclic) bond motifs is 1. The molecule has 1 aromatic heterocycles. The first-order valence-corrected chi connectivity index (χ1v) is 10.9. The first-order chi connectivity index (χ1) is 13.8. The van der Waals surface area contributed by atoms with Crippen LogP contribution in [0.3, 0.4) is 0 Å². The predicted octanol–water partition coefficient (Wildman–Crippen LogP) is 3.80. The Morgan fingerprint density at radius 1 is 0.714 bits per heavy atom. The van der Waals surface area contributed by atoms with Gasteiger partial charge in [-0.3, -0.25) is 0 Å². The molecule has 6 nitrogen and oxygen atoms in total. The highest BCUT2D eigenvalue weighted by Gasteiger charge is 2.24. The van der Waals surface area contributed by atoms with Crippen LogP contribution < -0.4 is 15.5 Å². The van der Waals surface area contributed by atoms with Gasteiger partial charge in [0.05, 0.1) is 0 Å². The lowest BCUT2D eigenvalue weighted by Gasteiger charge is -2.27. The number of anilines is 3. The Kier molecular flexibility index (Phi) is 5.02. The number of hydrogen-bond donors (Lipinski definition) is 2. The van der Waals surface area contributed by atoms with Crippen LogP contribution in [-0.2, 0) is 12.8 Å². The fourth-order valence-corrected chi connectivity index (χ4v) is 4.83. The summed E-state index contributed by atoms with van der Waals surface area (Å²) in [7, 11) is 0. The van der Waals surface area contributed by atoms with Crippen molar-refractivity contribution in [2.75, 3.05) is 28.6 Å². The van der Waals surface area contributed by atoms with E-state index in [2.05, 4.69) is 39.8 Å². The van der Waals surface area contributed by atoms with Crippen LogP contribution in [0, 0.1) is 0 Å². The lowest BCUT2D eigenvalue weighted by Crippen LogP contribution is -2.32. The molecule has 5 rings (SSSR count). The van der Waals surface area contributed by atoms with E-state index >= 15 is 0 Å². The molecule has 0 radical (unpaired) electrons. The Labute approximate surface area is 167 Å². The second-order valence-electron chi connectivity index (χ2n) is 8.47. The lowest BCUT2D eigenvalue weighted by atomic mass is 10.1. The molecular formula is C22H30N6. The second-order valence-corrected chi connectivity index (χ2v) is 8.47. The van der Waals surface area contributed by atoms with Crippen molar-refractivity contribution in [3.05, 3.63) is 35.4 Å². The molecule has 2 aliphatic carbocycles. The molecule has 2 aromatic rings. The zero-order valence-electron chi connectivity index (χ0n) is 16.5. The Balaban J connectivity index is 1.36. The van der Waals surface area contributed by atoms with E-state index in [1.54, 1.807) is 0 Å². The van der Waals surface area contributed by atoms with E-state index in [4.69, 9.17) is 15.0 Å². The zero-order valence-corrected chi connectivity index (χ0v) is 16.5. The third-order valence-electron chi connectivity index (χ3n) is 6.34. The van der Waals surface area contributed by atoms with Gasteiger partial charge in [-0.05, 0) is 56.1 Å². The molecule has 2 N–H and O–H groups in total. The van der Waals surface area contributed by atoms with Crippen molar-refractivity contribution in [3.63, 3.8) is 0 Å². The minimum absolute atomic E-state index is 0.355. The van der Waals surface area contributed by atoms with Gasteiger partial charge >= 0.3 is 0 Å². The molecule has 1 aliphatic heterocycles. The van der Waals surface area contributed by atoms with Gasteiger partial charge in [-0.2, -0.15) is 15.0 Å². The first kappa shape index (κ1) is 17.7. The van der Waals surface area contributed by atoms with Crippen molar-refractivity contribution in [1.82, 2.24) is 15.0 Å². The van der Waals surface area contributed by atoms with Gasteiger partial charge < -0.3 is 15.5 Å². The van der Waals surface area contributed by atoms with Crippen LogP contribution in [0.5, 0.6) is 0 Å². The molecule has 0 spiro atoms. The summed E-state index contributed by atoms with van der Waals surface area (Å²) in [5.41, 5.74) is 2.88. The molecule has 2 fully saturated rings. The van der Waals surface area contributed by atoms with Crippen LogP contribution in [0.1, 0.15) is 56.1 Å². The maximum absolute atomic E-state index is 4.81. The molecule has 148 valence electrons. The first-order valence-electron chi connectivity index (χ1n) is 10.9. The minimum Gasteiger partial charge on any atom is -0.351 e. The molecule has 0 bridgehead atoms. The molecular weight excluding hydrogens is 348 g/mol. The predicted molar refractivity (Wildman–Crippen MR) is 113 cm³/mol. The molecule has 0 atom stereocenters. The van der Waals surface area contributed by atoms with Crippen LogP contribution in [0.4, 0.5) is 17.8 Å². The average molecular weight is 379 g/mol. The highest BCUT2D eigenvalue weighted by Crippen LogP contribution is 2.26. The van der Waals surface area contributed by atoms with Crippen molar-refractivity contribution in [3.8, 4) is 0 Å². The Bertz CT molecular complexity index is 785. The Hall–Kier alpha value is -2.37. The fraction of sp³-hybridized carbons (Fsp3) is 0.591. The SMILES string of the molecule is c1ccc2c(c1)CC(Nc1nc(NC3CCCC3)nc(N3CCCCC3)n1)C2. The third-order valence-corrected chi connectivity index (χ3v) is 6.34. The number of benzene rings is 1. The van der Waals surface area contributed by atoms with Crippen LogP contribution in [0.15, 0.2) is 24.3 Å². The standard InChI is InChI=1S/C22H30N6/c1-6-12-28(13-7-1)22-26-20(23-18-10-4-5-11-18)25-21(27-22)24-19-14-16-8-2-3-9-17(16)15-19/h2-3,8-9,18-19H,1,4-7,10-15H2,(H2,23,24,25,26,27). The van der Waals surface area contributed by atoms with Crippen molar-refractivity contribution in [2.24, 2.45) is 0 Å². The monoisotopic (exact) mass is 378 g/mol. The second kappa shape index (κ2) is 7.94. The number of hydrogen-bond acceptors (Lipinski definition) is 6. The summed E-state index contributed by atoms with van der Waals surface area (Å²) in [5, 5.41) is 7.18. The van der Waals surface area contributed by atoms with Crippen molar-refractivity contribution >= 4 is 17.8 Å². The van der Waals surface area contributed by atoms with Gasteiger partial charge in [-0.25, -0.2) is 0 Å². The third kappa shape index (κ3) is 3.91. The van der Waals surface area contributed by atoms with E-state index in [0.29, 0.717) is 18.0 Å². The van der Waals surface area contributed by atoms with E-state index in [1.807, 2.05) is 0 Å². The number of rotatable bonds is 5. The number of nitrogens with one attached hydrogen (secondary N) is 2. The molecule has 1 saturated heterocycles. The van der Waals surface area contributed by atoms with E-state index in [9.17, 15) is 0 Å². The molecule has 1 aromatic carbocycles. The molecule has 6 heteroatoms. The summed E-state index contributed by atoms with van der Waals surface area (Å²) in [5.74, 6) is 2.28. The van der Waals surface area contributed by atoms with Crippen LogP contribution in [-0.4, -0.2) is 40.1 Å². The van der Waals surface area contributed by atoms with Crippen LogP contribution in [0.25, 0.3) is 0 Å². The molecule has 28 heavy (non-hydrogen) atoms. The van der Waals surface area contributed by atoms with E-state index in [0.717, 1.165) is 37.8 Å². The maximum Gasteiger partial charge on any atom is 0.231 e. The molecule has 0 amide bonds. The largest absolute Gasteiger partial charge is 0.351 e. The van der Waals surface area contributed by atoms with Gasteiger partial charge in [0.25, 0.3) is 0 Å². The fourth-order valence-electron chi connectivity index (χ4n) is 4.83. The van der Waals surface area contributed by atoms with Gasteiger partial charge in [-0.1, -0.05) is 37.1 Å². The smallest absolute Gasteiger partial charge is 0.231 e. The van der Waals surface area contributed by atoms with Gasteiger partial charge in [0.15, 0.2) is 0 Å². The van der Waals surface area contributed by atoms with Gasteiger partial charge in [0.2, 0.25) is 17.8 Å². The van der Waals surface area contributed by atoms with Crippen molar-refractivity contribution < 1.29 is 0 Å². The number of aromatic nitrogens is 3. The van der Waals surface area contributed by atoms with Gasteiger partial charge in [-0.15, -0.1) is 0 Å². The highest BCUT2D eigenvalue weighted by molar-refractivity contribution is 5.46. The maximum atomic E-state index is 4.81. The summed E-state index contributed by atoms with van der Waals surface area (Å²) in [6.07, 6.45) is 10.8. The van der Waals surface area contributed by atoms with E-state index in [-0.39, 0.29) is 0 Å². The zero-order chi connectivity index (χ0) is 18.8. The average Bonchev–Trinajstić information content (AvgIpc) is 3.37. The van der Waals surface area contributed by atoms with Crippen LogP contribution in [0.2, 0.25) is 0 Å². The lowest BCUT2D eigenvalue weighted by molar-refractivity contribution is 0.567. The van der Waals surface area contributed by atoms with Gasteiger partial charge in [0, 0.05) is 25.2 Å². The summed E-state index contributed by atoms with van der Waals surface area (Å²) in [6, 6.07) is 9.58. The summed E-state index contributed by atoms with van der Waals surface area (Å²) in [4.78, 5) is 16.7. The summed E-state index contributed by atoms with van der Waals surface area (Å²) >= 11 is 0. The number of piperidine rings is 1. The molecule has 2 heterocycles. The van der Waals surface area contributed by atoms with Crippen molar-refractivity contribution in [2.45, 2.75) is 69.9 Å². The van der Waals surface area contributed by atoms with E-state index in [1.165, 1.54) is 56.1 Å². The molecule has 3 aliphatic rings. The van der Waals surface area contributed by atoms with E-state index < -0.39 is 0 Å². The quantitative estimate of drug-likeness (QED) is 0.825. The normalized spacial score (nSPS) is 20.4. The Morgan fingerprint density at radius 2 is 1.32 bits per heavy atom. The summed E-state index contributed by atoms with van der Waals surface area (Å²) in [6.45, 7) is 2.09. The topological polar surface area (TPSA) is 66.0 Å². The minimum atomic E-state index is 0.355. The van der Waals surface area contributed by atoms with Crippen LogP contribution >= 0.6 is 0 Å². The summed E-state index contributed by atoms with van der Waals surface area (Å²) < 4.78 is 0. The Morgan fingerprint density at radius 3 is 1.96 bits per heavy atom. The molecule has 0 unspecified atom stereocenters. The van der Waals surface area contributed by atoms with Crippen molar-refractivity contribution in [1.29, 1.82) is 0 Å². The number of nitrogens with zero attached hydrogens (tertiary/aromatic N) is 4. The molecule has 1 saturated carbocycles. The van der Waals surface area contributed by atoms with Gasteiger partial charge in [0.1, 0.15) is 0 Å².